The number of carbonyl (C=O) groups is 3. The molecule has 1 saturated heterocycles. The molecule has 4 rings (SSSR count). The Morgan fingerprint density at radius 2 is 1.81 bits per heavy atom. The predicted molar refractivity (Wildman–Crippen MR) is 132 cm³/mol. The van der Waals surface area contributed by atoms with E-state index in [-0.39, 0.29) is 28.6 Å². The first-order valence-electron chi connectivity index (χ1n) is 11.8. The minimum Gasteiger partial charge on any atom is -0.494 e. The van der Waals surface area contributed by atoms with Crippen molar-refractivity contribution < 1.29 is 23.5 Å². The maximum absolute atomic E-state index is 13.6. The Labute approximate surface area is 209 Å². The topological polar surface area (TPSA) is 88.0 Å². The van der Waals surface area contributed by atoms with E-state index >= 15 is 0 Å². The van der Waals surface area contributed by atoms with E-state index < -0.39 is 11.7 Å². The van der Waals surface area contributed by atoms with Crippen molar-refractivity contribution in [2.45, 2.75) is 13.0 Å². The number of fused-ring (bicyclic) bond motifs is 1. The smallest absolute Gasteiger partial charge is 0.296 e. The molecule has 1 aliphatic rings. The largest absolute Gasteiger partial charge is 0.494 e. The molecule has 0 atom stereocenters. The van der Waals surface area contributed by atoms with Gasteiger partial charge in [-0.15, -0.1) is 0 Å². The second-order valence-corrected chi connectivity index (χ2v) is 9.14. The van der Waals surface area contributed by atoms with Gasteiger partial charge in [0.1, 0.15) is 17.0 Å². The molecule has 3 heterocycles. The van der Waals surface area contributed by atoms with Gasteiger partial charge in [-0.25, -0.2) is 9.37 Å². The SMILES string of the molecule is COc1cc2cn(C)c(C(=O)C(=O)N(C)C)c2nc1C(=O)N1CCCN(Cc2ccc(F)cc2)CC1. The molecule has 0 bridgehead atoms. The van der Waals surface area contributed by atoms with Crippen LogP contribution in [0.5, 0.6) is 5.75 Å². The van der Waals surface area contributed by atoms with Gasteiger partial charge in [0.05, 0.1) is 7.11 Å². The maximum Gasteiger partial charge on any atom is 0.296 e. The number of hydrogen-bond acceptors (Lipinski definition) is 6. The van der Waals surface area contributed by atoms with Crippen LogP contribution in [-0.4, -0.2) is 89.2 Å². The Hall–Kier alpha value is -3.79. The van der Waals surface area contributed by atoms with Crippen LogP contribution in [0.3, 0.4) is 0 Å². The van der Waals surface area contributed by atoms with Gasteiger partial charge in [0, 0.05) is 65.4 Å². The fraction of sp³-hybridized carbons (Fsp3) is 0.385. The predicted octanol–water partition coefficient (Wildman–Crippen LogP) is 2.34. The summed E-state index contributed by atoms with van der Waals surface area (Å²) in [6.45, 7) is 3.16. The number of methoxy groups -OCH3 is 1. The standard InChI is InChI=1S/C26H30FN5O4/c1-29(2)26(35)24(33)23-21-18(16-30(23)3)14-20(36-4)22(28-21)25(34)32-11-5-10-31(12-13-32)15-17-6-8-19(27)9-7-17/h6-9,14,16H,5,10-13,15H2,1-4H3. The summed E-state index contributed by atoms with van der Waals surface area (Å²) in [6.07, 6.45) is 2.46. The summed E-state index contributed by atoms with van der Waals surface area (Å²) in [5.74, 6) is -1.61. The Balaban J connectivity index is 1.59. The Kier molecular flexibility index (Phi) is 7.35. The summed E-state index contributed by atoms with van der Waals surface area (Å²) in [5.41, 5.74) is 1.53. The van der Waals surface area contributed by atoms with Gasteiger partial charge in [0.2, 0.25) is 0 Å². The average molecular weight is 496 g/mol. The van der Waals surface area contributed by atoms with Gasteiger partial charge in [-0.05, 0) is 30.2 Å². The first-order valence-corrected chi connectivity index (χ1v) is 11.8. The van der Waals surface area contributed by atoms with E-state index in [4.69, 9.17) is 4.74 Å². The minimum atomic E-state index is -0.695. The molecule has 190 valence electrons. The molecule has 0 unspecified atom stereocenters. The molecule has 2 amide bonds. The van der Waals surface area contributed by atoms with Gasteiger partial charge in [-0.1, -0.05) is 12.1 Å². The van der Waals surface area contributed by atoms with Crippen LogP contribution < -0.4 is 4.74 Å². The summed E-state index contributed by atoms with van der Waals surface area (Å²) < 4.78 is 20.3. The lowest BCUT2D eigenvalue weighted by Crippen LogP contribution is -2.35. The van der Waals surface area contributed by atoms with Gasteiger partial charge in [0.25, 0.3) is 17.6 Å². The van der Waals surface area contributed by atoms with Gasteiger partial charge < -0.3 is 19.1 Å². The molecule has 0 spiro atoms. The van der Waals surface area contributed by atoms with Gasteiger partial charge >= 0.3 is 0 Å². The third-order valence-corrected chi connectivity index (χ3v) is 6.36. The molecular weight excluding hydrogens is 465 g/mol. The number of aryl methyl sites for hydroxylation is 1. The van der Waals surface area contributed by atoms with Crippen LogP contribution >= 0.6 is 0 Å². The second-order valence-electron chi connectivity index (χ2n) is 9.14. The minimum absolute atomic E-state index is 0.106. The molecule has 1 aromatic carbocycles. The zero-order valence-corrected chi connectivity index (χ0v) is 21.0. The highest BCUT2D eigenvalue weighted by molar-refractivity contribution is 6.44. The Morgan fingerprint density at radius 1 is 1.08 bits per heavy atom. The zero-order valence-electron chi connectivity index (χ0n) is 21.0. The maximum atomic E-state index is 13.6. The molecule has 0 radical (unpaired) electrons. The van der Waals surface area contributed by atoms with Crippen LogP contribution in [0.15, 0.2) is 36.5 Å². The fourth-order valence-electron chi connectivity index (χ4n) is 4.45. The van der Waals surface area contributed by atoms with Crippen molar-refractivity contribution in [2.24, 2.45) is 7.05 Å². The number of carbonyl (C=O) groups excluding carboxylic acids is 3. The Bertz CT molecular complexity index is 1300. The number of rotatable bonds is 6. The molecule has 2 aromatic heterocycles. The normalized spacial score (nSPS) is 14.5. The number of amides is 2. The lowest BCUT2D eigenvalue weighted by atomic mass is 10.1. The number of hydrogen-bond donors (Lipinski definition) is 0. The lowest BCUT2D eigenvalue weighted by Gasteiger charge is -2.22. The highest BCUT2D eigenvalue weighted by atomic mass is 19.1. The first-order chi connectivity index (χ1) is 17.2. The monoisotopic (exact) mass is 495 g/mol. The van der Waals surface area contributed by atoms with E-state index in [0.29, 0.717) is 37.3 Å². The molecule has 1 fully saturated rings. The Morgan fingerprint density at radius 3 is 2.47 bits per heavy atom. The zero-order chi connectivity index (χ0) is 26.0. The van der Waals surface area contributed by atoms with Crippen molar-refractivity contribution in [3.8, 4) is 5.75 Å². The molecule has 1 aliphatic heterocycles. The molecule has 36 heavy (non-hydrogen) atoms. The summed E-state index contributed by atoms with van der Waals surface area (Å²) in [6, 6.07) is 8.11. The number of benzene rings is 1. The third kappa shape index (κ3) is 5.08. The summed E-state index contributed by atoms with van der Waals surface area (Å²) in [5, 5.41) is 0.599. The summed E-state index contributed by atoms with van der Waals surface area (Å²) in [7, 11) is 6.15. The van der Waals surface area contributed by atoms with Crippen molar-refractivity contribution in [2.75, 3.05) is 47.4 Å². The van der Waals surface area contributed by atoms with Crippen LogP contribution in [0.2, 0.25) is 0 Å². The van der Waals surface area contributed by atoms with E-state index in [1.54, 1.807) is 40.9 Å². The molecule has 10 heteroatoms. The van der Waals surface area contributed by atoms with Crippen LogP contribution in [-0.2, 0) is 18.4 Å². The van der Waals surface area contributed by atoms with Crippen molar-refractivity contribution in [3.05, 3.63) is 59.3 Å². The van der Waals surface area contributed by atoms with E-state index in [0.717, 1.165) is 18.5 Å². The third-order valence-electron chi connectivity index (χ3n) is 6.36. The fourth-order valence-corrected chi connectivity index (χ4v) is 4.45. The number of likely N-dealkylation sites (N-methyl/N-ethyl adjacent to an activating group) is 1. The van der Waals surface area contributed by atoms with Crippen molar-refractivity contribution in [3.63, 3.8) is 0 Å². The number of ketones is 1. The highest BCUT2D eigenvalue weighted by Crippen LogP contribution is 2.28. The van der Waals surface area contributed by atoms with Gasteiger partial charge in [-0.2, -0.15) is 0 Å². The molecule has 0 N–H and O–H groups in total. The van der Waals surface area contributed by atoms with Crippen LogP contribution in [0.1, 0.15) is 33.0 Å². The van der Waals surface area contributed by atoms with Gasteiger partial charge in [0.15, 0.2) is 11.4 Å². The van der Waals surface area contributed by atoms with E-state index in [1.807, 2.05) is 0 Å². The molecule has 3 aromatic rings. The first kappa shape index (κ1) is 25.3. The highest BCUT2D eigenvalue weighted by Gasteiger charge is 2.29. The van der Waals surface area contributed by atoms with Crippen molar-refractivity contribution >= 4 is 28.5 Å². The van der Waals surface area contributed by atoms with Crippen molar-refractivity contribution in [1.82, 2.24) is 24.3 Å². The van der Waals surface area contributed by atoms with E-state index in [2.05, 4.69) is 9.88 Å². The van der Waals surface area contributed by atoms with Crippen molar-refractivity contribution in [1.29, 1.82) is 0 Å². The van der Waals surface area contributed by atoms with Crippen LogP contribution in [0.25, 0.3) is 10.9 Å². The molecule has 0 saturated carbocycles. The number of nitrogens with zero attached hydrogens (tertiary/aromatic N) is 5. The number of halogens is 1. The van der Waals surface area contributed by atoms with Crippen LogP contribution in [0.4, 0.5) is 4.39 Å². The molecule has 9 nitrogen and oxygen atoms in total. The van der Waals surface area contributed by atoms with Crippen LogP contribution in [0, 0.1) is 5.82 Å². The summed E-state index contributed by atoms with van der Waals surface area (Å²) in [4.78, 5) is 48.5. The van der Waals surface area contributed by atoms with Gasteiger partial charge in [-0.3, -0.25) is 19.3 Å². The molecular formula is C26H30FN5O4. The average Bonchev–Trinajstić information content (AvgIpc) is 3.01. The quantitative estimate of drug-likeness (QED) is 0.385. The van der Waals surface area contributed by atoms with E-state index in [9.17, 15) is 18.8 Å². The number of ether oxygens (including phenoxy) is 1. The molecule has 0 aliphatic carbocycles. The number of pyridine rings is 1. The number of Topliss-reactive ketones (excluding diaryl/α,β-unsaturated/α-hetero) is 1. The number of aromatic nitrogens is 2. The summed E-state index contributed by atoms with van der Waals surface area (Å²) >= 11 is 0. The van der Waals surface area contributed by atoms with E-state index in [1.165, 1.54) is 38.2 Å². The second kappa shape index (κ2) is 10.4. The lowest BCUT2D eigenvalue weighted by molar-refractivity contribution is -0.124.